The van der Waals surface area contributed by atoms with E-state index in [1.807, 2.05) is 25.1 Å². The van der Waals surface area contributed by atoms with Gasteiger partial charge in [0.25, 0.3) is 0 Å². The van der Waals surface area contributed by atoms with E-state index in [0.717, 1.165) is 18.7 Å². The van der Waals surface area contributed by atoms with Crippen LogP contribution in [0.4, 0.5) is 5.82 Å². The van der Waals surface area contributed by atoms with Crippen molar-refractivity contribution in [1.82, 2.24) is 10.1 Å². The zero-order chi connectivity index (χ0) is 20.1. The summed E-state index contributed by atoms with van der Waals surface area (Å²) in [5.41, 5.74) is 1.51. The first-order valence-electron chi connectivity index (χ1n) is 9.71. The van der Waals surface area contributed by atoms with Crippen LogP contribution in [0.5, 0.6) is 5.75 Å². The van der Waals surface area contributed by atoms with Gasteiger partial charge in [0.05, 0.1) is 12.1 Å². The highest BCUT2D eigenvalue weighted by atomic mass is 16.5. The molecule has 0 bridgehead atoms. The number of hydrogen-bond acceptors (Lipinski definition) is 6. The van der Waals surface area contributed by atoms with Gasteiger partial charge in [-0.1, -0.05) is 11.2 Å². The van der Waals surface area contributed by atoms with Crippen molar-refractivity contribution in [3.05, 3.63) is 41.2 Å². The largest absolute Gasteiger partial charge is 0.491 e. The minimum absolute atomic E-state index is 0.134. The van der Waals surface area contributed by atoms with E-state index in [0.29, 0.717) is 31.0 Å². The van der Waals surface area contributed by atoms with Gasteiger partial charge in [0.2, 0.25) is 5.91 Å². The normalized spacial score (nSPS) is 20.6. The van der Waals surface area contributed by atoms with Gasteiger partial charge < -0.3 is 19.7 Å². The van der Waals surface area contributed by atoms with Crippen molar-refractivity contribution in [3.8, 4) is 5.75 Å². The van der Waals surface area contributed by atoms with E-state index in [-0.39, 0.29) is 19.1 Å². The molecule has 1 amide bonds. The van der Waals surface area contributed by atoms with Crippen LogP contribution in [0, 0.1) is 20.8 Å². The number of amides is 1. The Kier molecular flexibility index (Phi) is 6.36. The highest BCUT2D eigenvalue weighted by Crippen LogP contribution is 2.25. The number of aromatic nitrogens is 1. The second-order valence-electron chi connectivity index (χ2n) is 7.76. The number of carbonyl (C=O) groups excluding carboxylic acids is 1. The molecule has 7 nitrogen and oxygen atoms in total. The molecule has 1 fully saturated rings. The van der Waals surface area contributed by atoms with Gasteiger partial charge in [0, 0.05) is 12.6 Å². The first-order valence-corrected chi connectivity index (χ1v) is 9.71. The predicted molar refractivity (Wildman–Crippen MR) is 107 cm³/mol. The van der Waals surface area contributed by atoms with E-state index >= 15 is 0 Å². The van der Waals surface area contributed by atoms with Crippen LogP contribution in [0.25, 0.3) is 0 Å². The molecule has 2 heterocycles. The fraction of sp³-hybridized carbons (Fsp3) is 0.524. The molecular formula is C21H29N3O4. The molecule has 0 aliphatic carbocycles. The van der Waals surface area contributed by atoms with Gasteiger partial charge in [0.1, 0.15) is 18.1 Å². The summed E-state index contributed by atoms with van der Waals surface area (Å²) < 4.78 is 10.8. The molecule has 1 saturated heterocycles. The van der Waals surface area contributed by atoms with Gasteiger partial charge in [-0.05, 0) is 69.8 Å². The maximum atomic E-state index is 12.2. The fourth-order valence-corrected chi connectivity index (χ4v) is 3.37. The van der Waals surface area contributed by atoms with Crippen LogP contribution >= 0.6 is 0 Å². The van der Waals surface area contributed by atoms with Crippen molar-refractivity contribution in [2.45, 2.75) is 45.6 Å². The minimum atomic E-state index is -0.882. The number of likely N-dealkylation sites (tertiary alicyclic amines) is 1. The van der Waals surface area contributed by atoms with Crippen molar-refractivity contribution in [3.63, 3.8) is 0 Å². The maximum absolute atomic E-state index is 12.2. The first-order chi connectivity index (χ1) is 13.3. The number of nitrogens with one attached hydrogen (secondary N) is 1. The number of rotatable bonds is 6. The summed E-state index contributed by atoms with van der Waals surface area (Å²) in [6.45, 7) is 7.81. The smallest absolute Gasteiger partial charge is 0.239 e. The molecule has 1 aliphatic heterocycles. The summed E-state index contributed by atoms with van der Waals surface area (Å²) in [7, 11) is 0. The lowest BCUT2D eigenvalue weighted by Gasteiger charge is -2.27. The summed E-state index contributed by atoms with van der Waals surface area (Å²) >= 11 is 0. The lowest BCUT2D eigenvalue weighted by molar-refractivity contribution is -0.117. The number of carbonyl (C=O) groups is 1. The molecule has 152 valence electrons. The number of anilines is 1. The highest BCUT2D eigenvalue weighted by molar-refractivity contribution is 5.91. The van der Waals surface area contributed by atoms with Gasteiger partial charge in [-0.2, -0.15) is 0 Å². The molecule has 1 atom stereocenters. The number of nitrogens with zero attached hydrogens (tertiary/aromatic N) is 2. The van der Waals surface area contributed by atoms with E-state index in [1.165, 1.54) is 11.1 Å². The molecule has 2 aromatic rings. The number of hydrogen-bond donors (Lipinski definition) is 2. The van der Waals surface area contributed by atoms with Gasteiger partial charge in [-0.3, -0.25) is 9.69 Å². The topological polar surface area (TPSA) is 87.8 Å². The van der Waals surface area contributed by atoms with Crippen LogP contribution in [0.3, 0.4) is 0 Å². The first kappa shape index (κ1) is 20.4. The number of aryl methyl sites for hydroxylation is 3. The fourth-order valence-electron chi connectivity index (χ4n) is 3.37. The van der Waals surface area contributed by atoms with E-state index in [9.17, 15) is 9.90 Å². The Labute approximate surface area is 165 Å². The zero-order valence-electron chi connectivity index (χ0n) is 16.8. The van der Waals surface area contributed by atoms with Gasteiger partial charge in [-0.25, -0.2) is 0 Å². The Morgan fingerprint density at radius 3 is 2.79 bits per heavy atom. The quantitative estimate of drug-likeness (QED) is 0.792. The third-order valence-electron chi connectivity index (χ3n) is 5.26. The monoisotopic (exact) mass is 387 g/mol. The van der Waals surface area contributed by atoms with Crippen molar-refractivity contribution in [2.75, 3.05) is 31.6 Å². The Balaban J connectivity index is 1.48. The van der Waals surface area contributed by atoms with Crippen LogP contribution in [0.1, 0.15) is 36.1 Å². The van der Waals surface area contributed by atoms with Crippen molar-refractivity contribution >= 4 is 11.7 Å². The molecule has 0 saturated carbocycles. The summed E-state index contributed by atoms with van der Waals surface area (Å²) in [5, 5.41) is 17.5. The van der Waals surface area contributed by atoms with E-state index in [4.69, 9.17) is 9.26 Å². The van der Waals surface area contributed by atoms with Gasteiger partial charge in [0.15, 0.2) is 5.82 Å². The number of aliphatic hydroxyl groups is 1. The molecule has 1 aromatic heterocycles. The Bertz CT molecular complexity index is 820. The summed E-state index contributed by atoms with van der Waals surface area (Å²) in [6.07, 6.45) is 2.02. The van der Waals surface area contributed by atoms with Crippen LogP contribution in [-0.2, 0) is 4.79 Å². The van der Waals surface area contributed by atoms with Gasteiger partial charge >= 0.3 is 0 Å². The van der Waals surface area contributed by atoms with Crippen molar-refractivity contribution in [1.29, 1.82) is 0 Å². The predicted octanol–water partition coefficient (Wildman–Crippen LogP) is 2.83. The van der Waals surface area contributed by atoms with Crippen LogP contribution in [0.15, 0.2) is 28.8 Å². The molecule has 2 N–H and O–H groups in total. The summed E-state index contributed by atoms with van der Waals surface area (Å²) in [6, 6.07) is 7.64. The van der Waals surface area contributed by atoms with Crippen molar-refractivity contribution in [2.24, 2.45) is 0 Å². The van der Waals surface area contributed by atoms with E-state index < -0.39 is 5.60 Å². The zero-order valence-corrected chi connectivity index (χ0v) is 16.8. The Morgan fingerprint density at radius 1 is 1.25 bits per heavy atom. The average molecular weight is 387 g/mol. The standard InChI is InChI=1S/C21H29N3O4/c1-15-5-6-18(11-16(15)2)27-14-21(26)7-4-9-24(10-8-21)13-20(25)22-19-12-17(3)28-23-19/h5-6,11-12,26H,4,7-10,13-14H2,1-3H3,(H,22,23,25). The molecule has 1 aliphatic rings. The second-order valence-corrected chi connectivity index (χ2v) is 7.76. The molecule has 0 spiro atoms. The molecule has 7 heteroatoms. The van der Waals surface area contributed by atoms with Crippen LogP contribution < -0.4 is 10.1 Å². The lowest BCUT2D eigenvalue weighted by atomic mass is 9.96. The summed E-state index contributed by atoms with van der Waals surface area (Å²) in [5.74, 6) is 1.72. The Hall–Kier alpha value is -2.38. The minimum Gasteiger partial charge on any atom is -0.491 e. The van der Waals surface area contributed by atoms with Crippen molar-refractivity contribution < 1.29 is 19.2 Å². The second kappa shape index (κ2) is 8.75. The third-order valence-corrected chi connectivity index (χ3v) is 5.26. The molecule has 28 heavy (non-hydrogen) atoms. The molecule has 1 aromatic carbocycles. The van der Waals surface area contributed by atoms with E-state index in [2.05, 4.69) is 22.3 Å². The van der Waals surface area contributed by atoms with E-state index in [1.54, 1.807) is 13.0 Å². The SMILES string of the molecule is Cc1cc(NC(=O)CN2CCCC(O)(COc3ccc(C)c(C)c3)CC2)no1. The Morgan fingerprint density at radius 2 is 2.07 bits per heavy atom. The third kappa shape index (κ3) is 5.56. The summed E-state index contributed by atoms with van der Waals surface area (Å²) in [4.78, 5) is 14.3. The lowest BCUT2D eigenvalue weighted by Crippen LogP contribution is -2.38. The number of ether oxygens (including phenoxy) is 1. The molecule has 1 unspecified atom stereocenters. The number of benzene rings is 1. The highest BCUT2D eigenvalue weighted by Gasteiger charge is 2.31. The molecular weight excluding hydrogens is 358 g/mol. The maximum Gasteiger partial charge on any atom is 0.239 e. The molecule has 3 rings (SSSR count). The van der Waals surface area contributed by atoms with Gasteiger partial charge in [-0.15, -0.1) is 0 Å². The van der Waals surface area contributed by atoms with Crippen LogP contribution in [0.2, 0.25) is 0 Å². The van der Waals surface area contributed by atoms with Crippen LogP contribution in [-0.4, -0.2) is 52.9 Å². The average Bonchev–Trinajstić information content (AvgIpc) is 2.95. The molecule has 0 radical (unpaired) electrons.